The van der Waals surface area contributed by atoms with Gasteiger partial charge in [-0.05, 0) is 49.4 Å². The number of ketones is 1. The third-order valence-electron chi connectivity index (χ3n) is 6.32. The normalized spacial score (nSPS) is 13.7. The van der Waals surface area contributed by atoms with Crippen LogP contribution in [0, 0.1) is 13.8 Å². The smallest absolute Gasteiger partial charge is 0.270 e. The van der Waals surface area contributed by atoms with Gasteiger partial charge in [0.05, 0.1) is 18.3 Å². The summed E-state index contributed by atoms with van der Waals surface area (Å²) in [4.78, 5) is 48.5. The highest BCUT2D eigenvalue weighted by atomic mass is 32.1. The summed E-state index contributed by atoms with van der Waals surface area (Å²) in [7, 11) is 0. The number of nitrogens with one attached hydrogen (secondary N) is 1. The highest BCUT2D eigenvalue weighted by Crippen LogP contribution is 2.31. The van der Waals surface area contributed by atoms with Crippen LogP contribution in [0.2, 0.25) is 0 Å². The Balaban J connectivity index is 1.43. The molecule has 3 aromatic heterocycles. The quantitative estimate of drug-likeness (QED) is 0.453. The predicted octanol–water partition coefficient (Wildman–Crippen LogP) is 4.19. The highest BCUT2D eigenvalue weighted by molar-refractivity contribution is 7.17. The third kappa shape index (κ3) is 3.91. The van der Waals surface area contributed by atoms with Gasteiger partial charge in [-0.1, -0.05) is 18.2 Å². The van der Waals surface area contributed by atoms with Crippen LogP contribution in [0.3, 0.4) is 0 Å². The molecule has 0 aliphatic carbocycles. The number of fused-ring (bicyclic) bond motifs is 1. The maximum absolute atomic E-state index is 13.3. The molecular formula is C25H24N4O3S. The molecule has 1 N–H and O–H groups in total. The van der Waals surface area contributed by atoms with Crippen molar-refractivity contribution in [1.82, 2.24) is 19.4 Å². The first-order valence-corrected chi connectivity index (χ1v) is 11.9. The largest absolute Gasteiger partial charge is 0.356 e. The molecular weight excluding hydrogens is 436 g/mol. The number of aromatic nitrogens is 3. The molecule has 8 heteroatoms. The molecule has 1 aliphatic rings. The molecule has 1 fully saturated rings. The molecule has 33 heavy (non-hydrogen) atoms. The van der Waals surface area contributed by atoms with Crippen molar-refractivity contribution in [2.45, 2.75) is 33.2 Å². The van der Waals surface area contributed by atoms with Gasteiger partial charge in [-0.25, -0.2) is 4.98 Å². The molecule has 1 aromatic carbocycles. The van der Waals surface area contributed by atoms with Crippen molar-refractivity contribution < 1.29 is 9.59 Å². The average Bonchev–Trinajstić information content (AvgIpc) is 3.57. The molecule has 5 rings (SSSR count). The summed E-state index contributed by atoms with van der Waals surface area (Å²) in [5.74, 6) is -0.346. The summed E-state index contributed by atoms with van der Waals surface area (Å²) in [6.45, 7) is 5.44. The summed E-state index contributed by atoms with van der Waals surface area (Å²) in [6, 6.07) is 7.69. The van der Waals surface area contributed by atoms with Crippen LogP contribution < -0.4 is 5.56 Å². The van der Waals surface area contributed by atoms with Crippen molar-refractivity contribution in [2.75, 3.05) is 13.1 Å². The van der Waals surface area contributed by atoms with Crippen LogP contribution in [-0.2, 0) is 6.54 Å². The van der Waals surface area contributed by atoms with Crippen molar-refractivity contribution in [3.63, 3.8) is 0 Å². The Morgan fingerprint density at radius 3 is 2.67 bits per heavy atom. The van der Waals surface area contributed by atoms with Crippen molar-refractivity contribution in [3.05, 3.63) is 74.9 Å². The zero-order chi connectivity index (χ0) is 23.1. The average molecular weight is 461 g/mol. The van der Waals surface area contributed by atoms with E-state index in [1.165, 1.54) is 34.0 Å². The van der Waals surface area contributed by atoms with E-state index in [9.17, 15) is 14.4 Å². The molecule has 1 aliphatic heterocycles. The number of nitrogens with zero attached hydrogens (tertiary/aromatic N) is 3. The maximum Gasteiger partial charge on any atom is 0.270 e. The first-order valence-electron chi connectivity index (χ1n) is 11.0. The lowest BCUT2D eigenvalue weighted by Crippen LogP contribution is -2.27. The number of rotatable bonds is 5. The van der Waals surface area contributed by atoms with Crippen molar-refractivity contribution in [1.29, 1.82) is 0 Å². The van der Waals surface area contributed by atoms with Gasteiger partial charge in [-0.3, -0.25) is 19.0 Å². The molecule has 1 amide bonds. The van der Waals surface area contributed by atoms with Crippen LogP contribution in [0.1, 0.15) is 44.8 Å². The number of thiophene rings is 1. The number of hydrogen-bond donors (Lipinski definition) is 1. The fraction of sp³-hybridized carbons (Fsp3) is 0.280. The topological polar surface area (TPSA) is 88.1 Å². The molecule has 4 heterocycles. The molecule has 0 bridgehead atoms. The molecule has 0 saturated carbocycles. The number of H-pyrrole nitrogens is 1. The number of Topliss-reactive ketones (excluding diaryl/α,β-unsaturated/α-hetero) is 1. The summed E-state index contributed by atoms with van der Waals surface area (Å²) >= 11 is 1.42. The number of amides is 1. The second-order valence-corrected chi connectivity index (χ2v) is 9.39. The van der Waals surface area contributed by atoms with Gasteiger partial charge in [0, 0.05) is 35.8 Å². The SMILES string of the molecule is Cc1ccc(-c2csc3ncn(CC(=O)c4c[nH]c(C(=O)N5CCCC5)c4)c(=O)c23)cc1C. The standard InChI is InChI=1S/C25H24N4O3S/c1-15-5-6-17(9-16(15)2)19-13-33-23-22(19)25(32)29(14-27-23)12-21(30)18-10-20(26-11-18)24(31)28-7-3-4-8-28/h5-6,9-11,13-14,26H,3-4,7-8,12H2,1-2H3. The van der Waals surface area contributed by atoms with Crippen LogP contribution in [-0.4, -0.2) is 44.2 Å². The van der Waals surface area contributed by atoms with Crippen LogP contribution in [0.4, 0.5) is 0 Å². The van der Waals surface area contributed by atoms with E-state index in [-0.39, 0.29) is 23.8 Å². The van der Waals surface area contributed by atoms with Gasteiger partial charge in [0.15, 0.2) is 5.78 Å². The zero-order valence-electron chi connectivity index (χ0n) is 18.6. The van der Waals surface area contributed by atoms with Crippen molar-refractivity contribution in [3.8, 4) is 11.1 Å². The number of hydrogen-bond acceptors (Lipinski definition) is 5. The zero-order valence-corrected chi connectivity index (χ0v) is 19.4. The molecule has 4 aromatic rings. The minimum Gasteiger partial charge on any atom is -0.356 e. The van der Waals surface area contributed by atoms with Crippen LogP contribution in [0.5, 0.6) is 0 Å². The van der Waals surface area contributed by atoms with E-state index in [2.05, 4.69) is 23.0 Å². The van der Waals surface area contributed by atoms with Gasteiger partial charge in [0.2, 0.25) is 0 Å². The molecule has 7 nitrogen and oxygen atoms in total. The van der Waals surface area contributed by atoms with Crippen LogP contribution in [0.15, 0.2) is 47.0 Å². The fourth-order valence-electron chi connectivity index (χ4n) is 4.22. The van der Waals surface area contributed by atoms with E-state index >= 15 is 0 Å². The van der Waals surface area contributed by atoms with E-state index in [1.807, 2.05) is 24.4 Å². The summed E-state index contributed by atoms with van der Waals surface area (Å²) in [6.07, 6.45) is 4.96. The van der Waals surface area contributed by atoms with E-state index in [1.54, 1.807) is 11.0 Å². The Hall–Kier alpha value is -3.52. The summed E-state index contributed by atoms with van der Waals surface area (Å²) in [5.41, 5.74) is 4.67. The molecule has 0 unspecified atom stereocenters. The monoisotopic (exact) mass is 460 g/mol. The summed E-state index contributed by atoms with van der Waals surface area (Å²) in [5, 5.41) is 2.47. The minimum atomic E-state index is -0.252. The number of carbonyl (C=O) groups excluding carboxylic acids is 2. The van der Waals surface area contributed by atoms with E-state index in [0.29, 0.717) is 21.5 Å². The number of likely N-dealkylation sites (tertiary alicyclic amines) is 1. The first-order chi connectivity index (χ1) is 15.9. The third-order valence-corrected chi connectivity index (χ3v) is 7.21. The van der Waals surface area contributed by atoms with Gasteiger partial charge < -0.3 is 9.88 Å². The first kappa shape index (κ1) is 21.3. The Labute approximate surface area is 194 Å². The number of aryl methyl sites for hydroxylation is 2. The fourth-order valence-corrected chi connectivity index (χ4v) is 5.12. The highest BCUT2D eigenvalue weighted by Gasteiger charge is 2.22. The van der Waals surface area contributed by atoms with Gasteiger partial charge in [-0.15, -0.1) is 11.3 Å². The lowest BCUT2D eigenvalue weighted by atomic mass is 10.0. The molecule has 0 radical (unpaired) electrons. The molecule has 1 saturated heterocycles. The maximum atomic E-state index is 13.3. The lowest BCUT2D eigenvalue weighted by molar-refractivity contribution is 0.0787. The predicted molar refractivity (Wildman–Crippen MR) is 129 cm³/mol. The summed E-state index contributed by atoms with van der Waals surface area (Å²) < 4.78 is 1.34. The van der Waals surface area contributed by atoms with Gasteiger partial charge in [0.1, 0.15) is 10.5 Å². The second kappa shape index (κ2) is 8.44. The Bertz CT molecular complexity index is 1440. The van der Waals surface area contributed by atoms with E-state index < -0.39 is 0 Å². The Morgan fingerprint density at radius 1 is 1.12 bits per heavy atom. The van der Waals surface area contributed by atoms with Crippen LogP contribution >= 0.6 is 11.3 Å². The molecule has 0 atom stereocenters. The van der Waals surface area contributed by atoms with Crippen molar-refractivity contribution in [2.24, 2.45) is 0 Å². The van der Waals surface area contributed by atoms with Crippen LogP contribution in [0.25, 0.3) is 21.3 Å². The lowest BCUT2D eigenvalue weighted by Gasteiger charge is -2.13. The number of benzene rings is 1. The number of carbonyl (C=O) groups is 2. The molecule has 0 spiro atoms. The Kier molecular flexibility index (Phi) is 5.46. The van der Waals surface area contributed by atoms with E-state index in [4.69, 9.17) is 0 Å². The number of aromatic amines is 1. The van der Waals surface area contributed by atoms with Gasteiger partial charge in [-0.2, -0.15) is 0 Å². The van der Waals surface area contributed by atoms with Crippen molar-refractivity contribution >= 4 is 33.2 Å². The van der Waals surface area contributed by atoms with Gasteiger partial charge >= 0.3 is 0 Å². The van der Waals surface area contributed by atoms with Gasteiger partial charge in [0.25, 0.3) is 11.5 Å². The molecule has 168 valence electrons. The minimum absolute atomic E-state index is 0.0943. The second-order valence-electron chi connectivity index (χ2n) is 8.53. The van der Waals surface area contributed by atoms with E-state index in [0.717, 1.165) is 42.6 Å². The Morgan fingerprint density at radius 2 is 1.91 bits per heavy atom.